The molecule has 92 valence electrons. The quantitative estimate of drug-likeness (QED) is 0.571. The lowest BCUT2D eigenvalue weighted by Gasteiger charge is -2.14. The summed E-state index contributed by atoms with van der Waals surface area (Å²) >= 11 is 0. The number of hydrogen-bond acceptors (Lipinski definition) is 6. The van der Waals surface area contributed by atoms with Gasteiger partial charge < -0.3 is 22.1 Å². The molecule has 1 amide bonds. The van der Waals surface area contributed by atoms with Gasteiger partial charge in [-0.3, -0.25) is 4.79 Å². The number of nitrogens with two attached hydrogens (primary N) is 2. The maximum Gasteiger partial charge on any atom is 0.242 e. The average Bonchev–Trinajstić information content (AvgIpc) is 2.99. The lowest BCUT2D eigenvalue weighted by molar-refractivity contribution is -0.121. The molecule has 0 saturated heterocycles. The molecule has 0 aromatic carbocycles. The van der Waals surface area contributed by atoms with Gasteiger partial charge >= 0.3 is 0 Å². The van der Waals surface area contributed by atoms with Gasteiger partial charge in [-0.2, -0.15) is 9.97 Å². The third-order valence-corrected chi connectivity index (χ3v) is 2.44. The van der Waals surface area contributed by atoms with Crippen molar-refractivity contribution in [1.82, 2.24) is 15.3 Å². The first-order valence-electron chi connectivity index (χ1n) is 5.51. The normalized spacial score (nSPS) is 16.3. The van der Waals surface area contributed by atoms with Crippen LogP contribution < -0.4 is 22.1 Å². The number of nitrogens with one attached hydrogen (secondary N) is 2. The van der Waals surface area contributed by atoms with Crippen LogP contribution in [0.25, 0.3) is 0 Å². The van der Waals surface area contributed by atoms with Crippen LogP contribution in [0.1, 0.15) is 19.8 Å². The highest BCUT2D eigenvalue weighted by Crippen LogP contribution is 2.19. The standard InChI is InChI=1S/C10H16N6O/c1-5(9(17)14-6-2-3-6)13-8-4-7(11)15-10(12)16-8/h4-6H,2-3H2,1H3,(H,14,17)(H5,11,12,13,15,16). The van der Waals surface area contributed by atoms with E-state index in [0.717, 1.165) is 12.8 Å². The maximum atomic E-state index is 11.7. The van der Waals surface area contributed by atoms with E-state index in [1.807, 2.05) is 0 Å². The van der Waals surface area contributed by atoms with E-state index in [-0.39, 0.29) is 23.7 Å². The number of carbonyl (C=O) groups is 1. The molecule has 1 unspecified atom stereocenters. The van der Waals surface area contributed by atoms with Gasteiger partial charge in [-0.1, -0.05) is 0 Å². The second kappa shape index (κ2) is 4.44. The highest BCUT2D eigenvalue weighted by Gasteiger charge is 2.25. The Kier molecular flexibility index (Phi) is 2.99. The van der Waals surface area contributed by atoms with Crippen LogP contribution in [0, 0.1) is 0 Å². The molecule has 7 heteroatoms. The Morgan fingerprint density at radius 3 is 2.76 bits per heavy atom. The fraction of sp³-hybridized carbons (Fsp3) is 0.500. The summed E-state index contributed by atoms with van der Waals surface area (Å²) in [5.74, 6) is 0.758. The number of nitrogens with zero attached hydrogens (tertiary/aromatic N) is 2. The zero-order chi connectivity index (χ0) is 12.4. The van der Waals surface area contributed by atoms with Crippen LogP contribution in [-0.2, 0) is 4.79 Å². The summed E-state index contributed by atoms with van der Waals surface area (Å²) in [7, 11) is 0. The van der Waals surface area contributed by atoms with E-state index >= 15 is 0 Å². The van der Waals surface area contributed by atoms with Gasteiger partial charge in [0.15, 0.2) is 0 Å². The summed E-state index contributed by atoms with van der Waals surface area (Å²) in [6.07, 6.45) is 2.12. The highest BCUT2D eigenvalue weighted by atomic mass is 16.2. The molecule has 2 rings (SSSR count). The van der Waals surface area contributed by atoms with E-state index < -0.39 is 0 Å². The third-order valence-electron chi connectivity index (χ3n) is 2.44. The molecule has 7 nitrogen and oxygen atoms in total. The highest BCUT2D eigenvalue weighted by molar-refractivity contribution is 5.84. The monoisotopic (exact) mass is 236 g/mol. The topological polar surface area (TPSA) is 119 Å². The zero-order valence-corrected chi connectivity index (χ0v) is 9.60. The van der Waals surface area contributed by atoms with Crippen LogP contribution in [0.4, 0.5) is 17.6 Å². The first-order valence-corrected chi connectivity index (χ1v) is 5.51. The molecule has 0 aliphatic heterocycles. The molecule has 1 aromatic rings. The van der Waals surface area contributed by atoms with Crippen LogP contribution in [-0.4, -0.2) is 28.0 Å². The van der Waals surface area contributed by atoms with Crippen molar-refractivity contribution in [2.75, 3.05) is 16.8 Å². The molecule has 1 saturated carbocycles. The molecule has 0 bridgehead atoms. The van der Waals surface area contributed by atoms with E-state index in [0.29, 0.717) is 11.9 Å². The summed E-state index contributed by atoms with van der Waals surface area (Å²) in [4.78, 5) is 19.4. The van der Waals surface area contributed by atoms with Crippen LogP contribution in [0.3, 0.4) is 0 Å². The van der Waals surface area contributed by atoms with Gasteiger partial charge in [-0.25, -0.2) is 0 Å². The molecule has 1 fully saturated rings. The largest absolute Gasteiger partial charge is 0.383 e. The van der Waals surface area contributed by atoms with Gasteiger partial charge in [-0.05, 0) is 19.8 Å². The van der Waals surface area contributed by atoms with Crippen molar-refractivity contribution in [3.63, 3.8) is 0 Å². The molecule has 17 heavy (non-hydrogen) atoms. The van der Waals surface area contributed by atoms with Crippen molar-refractivity contribution in [2.24, 2.45) is 0 Å². The van der Waals surface area contributed by atoms with Crippen molar-refractivity contribution in [1.29, 1.82) is 0 Å². The Hall–Kier alpha value is -2.05. The molecule has 1 atom stereocenters. The van der Waals surface area contributed by atoms with Gasteiger partial charge in [0.2, 0.25) is 11.9 Å². The molecular formula is C10H16N6O. The van der Waals surface area contributed by atoms with Crippen molar-refractivity contribution >= 4 is 23.5 Å². The predicted molar refractivity (Wildman–Crippen MR) is 65.1 cm³/mol. The number of rotatable bonds is 4. The lowest BCUT2D eigenvalue weighted by Crippen LogP contribution is -2.38. The number of carbonyl (C=O) groups excluding carboxylic acids is 1. The predicted octanol–water partition coefficient (Wildman–Crippen LogP) is -0.280. The van der Waals surface area contributed by atoms with Crippen LogP contribution in [0.5, 0.6) is 0 Å². The average molecular weight is 236 g/mol. The van der Waals surface area contributed by atoms with Gasteiger partial charge in [0, 0.05) is 12.1 Å². The van der Waals surface area contributed by atoms with Crippen molar-refractivity contribution in [2.45, 2.75) is 31.8 Å². The van der Waals surface area contributed by atoms with E-state index in [1.54, 1.807) is 6.92 Å². The molecule has 0 radical (unpaired) electrons. The summed E-state index contributed by atoms with van der Waals surface area (Å²) < 4.78 is 0. The SMILES string of the molecule is CC(Nc1cc(N)nc(N)n1)C(=O)NC1CC1. The van der Waals surface area contributed by atoms with Gasteiger partial charge in [0.1, 0.15) is 17.7 Å². The summed E-state index contributed by atoms with van der Waals surface area (Å²) in [5, 5.41) is 5.83. The molecule has 1 aliphatic rings. The molecule has 1 aromatic heterocycles. The van der Waals surface area contributed by atoms with E-state index in [1.165, 1.54) is 6.07 Å². The minimum atomic E-state index is -0.385. The summed E-state index contributed by atoms with van der Waals surface area (Å²) in [5.41, 5.74) is 11.0. The molecular weight excluding hydrogens is 220 g/mol. The zero-order valence-electron chi connectivity index (χ0n) is 9.60. The van der Waals surface area contributed by atoms with E-state index in [4.69, 9.17) is 11.5 Å². The van der Waals surface area contributed by atoms with Crippen molar-refractivity contribution < 1.29 is 4.79 Å². The van der Waals surface area contributed by atoms with Crippen molar-refractivity contribution in [3.05, 3.63) is 6.07 Å². The van der Waals surface area contributed by atoms with Gasteiger partial charge in [-0.15, -0.1) is 0 Å². The third kappa shape index (κ3) is 3.20. The van der Waals surface area contributed by atoms with Gasteiger partial charge in [0.25, 0.3) is 0 Å². The first-order chi connectivity index (χ1) is 8.04. The Morgan fingerprint density at radius 1 is 1.47 bits per heavy atom. The Bertz CT molecular complexity index is 411. The summed E-state index contributed by atoms with van der Waals surface area (Å²) in [6, 6.07) is 1.49. The Balaban J connectivity index is 1.96. The maximum absolute atomic E-state index is 11.7. The number of aromatic nitrogens is 2. The fourth-order valence-electron chi connectivity index (χ4n) is 1.40. The minimum absolute atomic E-state index is 0.0525. The molecule has 1 aliphatic carbocycles. The first kappa shape index (κ1) is 11.4. The Labute approximate surface area is 99.0 Å². The molecule has 0 spiro atoms. The van der Waals surface area contributed by atoms with Gasteiger partial charge in [0.05, 0.1) is 0 Å². The number of hydrogen-bond donors (Lipinski definition) is 4. The minimum Gasteiger partial charge on any atom is -0.383 e. The number of amides is 1. The number of anilines is 3. The smallest absolute Gasteiger partial charge is 0.242 e. The van der Waals surface area contributed by atoms with Crippen LogP contribution in [0.15, 0.2) is 6.07 Å². The van der Waals surface area contributed by atoms with Crippen LogP contribution in [0.2, 0.25) is 0 Å². The molecule has 6 N–H and O–H groups in total. The van der Waals surface area contributed by atoms with Crippen molar-refractivity contribution in [3.8, 4) is 0 Å². The summed E-state index contributed by atoms with van der Waals surface area (Å²) in [6.45, 7) is 1.76. The second-order valence-corrected chi connectivity index (χ2v) is 4.19. The second-order valence-electron chi connectivity index (χ2n) is 4.19. The number of nitrogen functional groups attached to an aromatic ring is 2. The van der Waals surface area contributed by atoms with E-state index in [9.17, 15) is 4.79 Å². The molecule has 1 heterocycles. The van der Waals surface area contributed by atoms with E-state index in [2.05, 4.69) is 20.6 Å². The fourth-order valence-corrected chi connectivity index (χ4v) is 1.40. The Morgan fingerprint density at radius 2 is 2.18 bits per heavy atom. The lowest BCUT2D eigenvalue weighted by atomic mass is 10.3. The van der Waals surface area contributed by atoms with Crippen LogP contribution >= 0.6 is 0 Å².